The van der Waals surface area contributed by atoms with Crippen LogP contribution in [0.25, 0.3) is 10.9 Å². The Hall–Kier alpha value is -2.83. The highest BCUT2D eigenvalue weighted by atomic mass is 35.5. The molecule has 1 aromatic heterocycles. The van der Waals surface area contributed by atoms with E-state index in [9.17, 15) is 14.7 Å². The molecule has 0 saturated heterocycles. The molecule has 0 spiro atoms. The molecule has 134 valence electrons. The highest BCUT2D eigenvalue weighted by molar-refractivity contribution is 6.30. The SMILES string of the molecule is O=C(NC(CO)C(=O)NCc1ccc(Cl)cc1)c1cc2ccccc2[nH]1. The maximum atomic E-state index is 12.4. The maximum absolute atomic E-state index is 12.4. The summed E-state index contributed by atoms with van der Waals surface area (Å²) in [5, 5.41) is 16.2. The van der Waals surface area contributed by atoms with Gasteiger partial charge in [0.2, 0.25) is 5.91 Å². The van der Waals surface area contributed by atoms with E-state index in [4.69, 9.17) is 11.6 Å². The molecular formula is C19H18ClN3O3. The van der Waals surface area contributed by atoms with E-state index in [1.54, 1.807) is 30.3 Å². The number of hydrogen-bond donors (Lipinski definition) is 4. The third kappa shape index (κ3) is 4.22. The summed E-state index contributed by atoms with van der Waals surface area (Å²) in [7, 11) is 0. The topological polar surface area (TPSA) is 94.2 Å². The van der Waals surface area contributed by atoms with Crippen LogP contribution >= 0.6 is 11.6 Å². The van der Waals surface area contributed by atoms with Gasteiger partial charge in [-0.15, -0.1) is 0 Å². The van der Waals surface area contributed by atoms with Gasteiger partial charge >= 0.3 is 0 Å². The molecule has 2 amide bonds. The third-order valence-electron chi connectivity index (χ3n) is 3.96. The van der Waals surface area contributed by atoms with E-state index in [1.807, 2.05) is 24.3 Å². The molecule has 0 saturated carbocycles. The smallest absolute Gasteiger partial charge is 0.268 e. The van der Waals surface area contributed by atoms with Gasteiger partial charge in [0.15, 0.2) is 0 Å². The molecule has 0 aliphatic carbocycles. The van der Waals surface area contributed by atoms with Crippen molar-refractivity contribution in [3.8, 4) is 0 Å². The Labute approximate surface area is 155 Å². The molecule has 0 aliphatic heterocycles. The number of amides is 2. The number of aliphatic hydroxyl groups excluding tert-OH is 1. The van der Waals surface area contributed by atoms with E-state index < -0.39 is 24.5 Å². The first-order valence-corrected chi connectivity index (χ1v) is 8.46. The summed E-state index contributed by atoms with van der Waals surface area (Å²) in [5.41, 5.74) is 2.02. The zero-order valence-corrected chi connectivity index (χ0v) is 14.6. The van der Waals surface area contributed by atoms with Crippen LogP contribution in [0.1, 0.15) is 16.1 Å². The van der Waals surface area contributed by atoms with Crippen LogP contribution in [0, 0.1) is 0 Å². The Morgan fingerprint density at radius 2 is 1.85 bits per heavy atom. The van der Waals surface area contributed by atoms with Crippen molar-refractivity contribution in [3.05, 3.63) is 70.9 Å². The predicted molar refractivity (Wildman–Crippen MR) is 99.9 cm³/mol. The third-order valence-corrected chi connectivity index (χ3v) is 4.21. The number of H-pyrrole nitrogens is 1. The lowest BCUT2D eigenvalue weighted by Crippen LogP contribution is -2.48. The molecule has 1 unspecified atom stereocenters. The van der Waals surface area contributed by atoms with E-state index in [-0.39, 0.29) is 6.54 Å². The van der Waals surface area contributed by atoms with Gasteiger partial charge in [-0.3, -0.25) is 9.59 Å². The minimum atomic E-state index is -1.04. The summed E-state index contributed by atoms with van der Waals surface area (Å²) in [5.74, 6) is -0.922. The van der Waals surface area contributed by atoms with E-state index >= 15 is 0 Å². The van der Waals surface area contributed by atoms with E-state index in [2.05, 4.69) is 15.6 Å². The molecule has 6 nitrogen and oxygen atoms in total. The summed E-state index contributed by atoms with van der Waals surface area (Å²) in [6.07, 6.45) is 0. The van der Waals surface area contributed by atoms with Gasteiger partial charge < -0.3 is 20.7 Å². The van der Waals surface area contributed by atoms with Gasteiger partial charge in [-0.1, -0.05) is 41.9 Å². The molecule has 4 N–H and O–H groups in total. The molecule has 0 bridgehead atoms. The average Bonchev–Trinajstić information content (AvgIpc) is 3.09. The van der Waals surface area contributed by atoms with E-state index in [1.165, 1.54) is 0 Å². The Balaban J connectivity index is 1.61. The normalized spacial score (nSPS) is 11.9. The number of carbonyl (C=O) groups excluding carboxylic acids is 2. The molecule has 3 rings (SSSR count). The largest absolute Gasteiger partial charge is 0.394 e. The minimum absolute atomic E-state index is 0.273. The quantitative estimate of drug-likeness (QED) is 0.535. The first-order chi connectivity index (χ1) is 12.6. The fourth-order valence-corrected chi connectivity index (χ4v) is 2.67. The monoisotopic (exact) mass is 371 g/mol. The Bertz CT molecular complexity index is 888. The van der Waals surface area contributed by atoms with Crippen LogP contribution in [0.5, 0.6) is 0 Å². The summed E-state index contributed by atoms with van der Waals surface area (Å²) < 4.78 is 0. The van der Waals surface area contributed by atoms with Gasteiger partial charge in [0.25, 0.3) is 5.91 Å². The molecule has 2 aromatic carbocycles. The zero-order valence-electron chi connectivity index (χ0n) is 13.8. The lowest BCUT2D eigenvalue weighted by Gasteiger charge is -2.16. The molecule has 0 fully saturated rings. The maximum Gasteiger partial charge on any atom is 0.268 e. The number of aliphatic hydroxyl groups is 1. The van der Waals surface area contributed by atoms with Crippen molar-refractivity contribution in [1.29, 1.82) is 0 Å². The lowest BCUT2D eigenvalue weighted by atomic mass is 10.2. The highest BCUT2D eigenvalue weighted by Gasteiger charge is 2.21. The van der Waals surface area contributed by atoms with Crippen molar-refractivity contribution in [2.75, 3.05) is 6.61 Å². The molecule has 1 heterocycles. The molecule has 0 aliphatic rings. The fourth-order valence-electron chi connectivity index (χ4n) is 2.54. The number of nitrogens with one attached hydrogen (secondary N) is 3. The summed E-state index contributed by atoms with van der Waals surface area (Å²) >= 11 is 5.82. The lowest BCUT2D eigenvalue weighted by molar-refractivity contribution is -0.124. The van der Waals surface area contributed by atoms with Gasteiger partial charge in [-0.25, -0.2) is 0 Å². The van der Waals surface area contributed by atoms with Gasteiger partial charge in [0.1, 0.15) is 11.7 Å². The van der Waals surface area contributed by atoms with Crippen molar-refractivity contribution in [1.82, 2.24) is 15.6 Å². The number of aromatic nitrogens is 1. The van der Waals surface area contributed by atoms with Crippen molar-refractivity contribution in [2.45, 2.75) is 12.6 Å². The number of rotatable bonds is 6. The number of benzene rings is 2. The number of aromatic amines is 1. The first kappa shape index (κ1) is 18.0. The van der Waals surface area contributed by atoms with Crippen LogP contribution in [0.3, 0.4) is 0 Å². The molecule has 7 heteroatoms. The molecule has 26 heavy (non-hydrogen) atoms. The summed E-state index contributed by atoms with van der Waals surface area (Å²) in [6, 6.07) is 15.2. The minimum Gasteiger partial charge on any atom is -0.394 e. The Morgan fingerprint density at radius 3 is 2.54 bits per heavy atom. The van der Waals surface area contributed by atoms with E-state index in [0.29, 0.717) is 10.7 Å². The van der Waals surface area contributed by atoms with Gasteiger partial charge in [0, 0.05) is 22.5 Å². The fraction of sp³-hybridized carbons (Fsp3) is 0.158. The standard InChI is InChI=1S/C19H18ClN3O3/c20-14-7-5-12(6-8-14)10-21-18(25)17(11-24)23-19(26)16-9-13-3-1-2-4-15(13)22-16/h1-9,17,22,24H,10-11H2,(H,21,25)(H,23,26). The van der Waals surface area contributed by atoms with Crippen molar-refractivity contribution in [2.24, 2.45) is 0 Å². The second kappa shape index (κ2) is 8.03. The van der Waals surface area contributed by atoms with Gasteiger partial charge in [-0.05, 0) is 29.8 Å². The second-order valence-electron chi connectivity index (χ2n) is 5.82. The second-order valence-corrected chi connectivity index (χ2v) is 6.26. The predicted octanol–water partition coefficient (Wildman–Crippen LogP) is 2.23. The van der Waals surface area contributed by atoms with Crippen LogP contribution in [-0.2, 0) is 11.3 Å². The summed E-state index contributed by atoms with van der Waals surface area (Å²) in [4.78, 5) is 27.6. The van der Waals surface area contributed by atoms with E-state index in [0.717, 1.165) is 16.5 Å². The summed E-state index contributed by atoms with van der Waals surface area (Å²) in [6.45, 7) is -0.229. The average molecular weight is 372 g/mol. The number of hydrogen-bond acceptors (Lipinski definition) is 3. The highest BCUT2D eigenvalue weighted by Crippen LogP contribution is 2.14. The van der Waals surface area contributed by atoms with Crippen LogP contribution in [0.15, 0.2) is 54.6 Å². The number of para-hydroxylation sites is 1. The van der Waals surface area contributed by atoms with Crippen molar-refractivity contribution < 1.29 is 14.7 Å². The molecular weight excluding hydrogens is 354 g/mol. The Morgan fingerprint density at radius 1 is 1.12 bits per heavy atom. The molecule has 0 radical (unpaired) electrons. The number of fused-ring (bicyclic) bond motifs is 1. The van der Waals surface area contributed by atoms with Crippen molar-refractivity contribution in [3.63, 3.8) is 0 Å². The van der Waals surface area contributed by atoms with Gasteiger partial charge in [0.05, 0.1) is 6.61 Å². The van der Waals surface area contributed by atoms with Crippen LogP contribution in [0.4, 0.5) is 0 Å². The number of carbonyl (C=O) groups is 2. The molecule has 3 aromatic rings. The first-order valence-electron chi connectivity index (χ1n) is 8.08. The number of halogens is 1. The van der Waals surface area contributed by atoms with Crippen molar-refractivity contribution >= 4 is 34.3 Å². The van der Waals surface area contributed by atoms with Gasteiger partial charge in [-0.2, -0.15) is 0 Å². The zero-order chi connectivity index (χ0) is 18.5. The Kier molecular flexibility index (Phi) is 5.55. The molecule has 1 atom stereocenters. The van der Waals surface area contributed by atoms with Crippen LogP contribution < -0.4 is 10.6 Å². The van der Waals surface area contributed by atoms with Crippen LogP contribution in [0.2, 0.25) is 5.02 Å². The van der Waals surface area contributed by atoms with Crippen LogP contribution in [-0.4, -0.2) is 34.6 Å².